The Morgan fingerprint density at radius 2 is 2.00 bits per heavy atom. The lowest BCUT2D eigenvalue weighted by Gasteiger charge is -2.29. The van der Waals surface area contributed by atoms with Crippen molar-refractivity contribution in [2.75, 3.05) is 32.7 Å². The molecule has 2 fully saturated rings. The van der Waals surface area contributed by atoms with Crippen molar-refractivity contribution >= 4 is 5.78 Å². The van der Waals surface area contributed by atoms with Crippen LogP contribution in [-0.4, -0.2) is 43.4 Å². The van der Waals surface area contributed by atoms with Gasteiger partial charge < -0.3 is 10.2 Å². The number of nitrogens with one attached hydrogen (secondary N) is 1. The van der Waals surface area contributed by atoms with Gasteiger partial charge in [-0.05, 0) is 12.8 Å². The molecular weight excluding hydrogens is 176 g/mol. The fourth-order valence-electron chi connectivity index (χ4n) is 2.14. The number of ketones is 1. The number of Topliss-reactive ketones (excluding diaryl/α,β-unsaturated/α-hetero) is 1. The third-order valence-corrected chi connectivity index (χ3v) is 3.44. The van der Waals surface area contributed by atoms with Gasteiger partial charge >= 0.3 is 0 Å². The van der Waals surface area contributed by atoms with Gasteiger partial charge in [-0.25, -0.2) is 0 Å². The van der Waals surface area contributed by atoms with Gasteiger partial charge in [0.15, 0.2) is 0 Å². The second-order valence-electron chi connectivity index (χ2n) is 4.44. The minimum Gasteiger partial charge on any atom is -0.314 e. The molecule has 0 unspecified atom stereocenters. The first-order valence-electron chi connectivity index (χ1n) is 5.82. The van der Waals surface area contributed by atoms with Gasteiger partial charge in [-0.15, -0.1) is 0 Å². The van der Waals surface area contributed by atoms with Crippen LogP contribution >= 0.6 is 0 Å². The van der Waals surface area contributed by atoms with E-state index in [1.165, 1.54) is 6.42 Å². The lowest BCUT2D eigenvalue weighted by Crippen LogP contribution is -2.44. The molecule has 0 amide bonds. The third kappa shape index (κ3) is 2.55. The van der Waals surface area contributed by atoms with Crippen molar-refractivity contribution in [3.63, 3.8) is 0 Å². The van der Waals surface area contributed by atoms with Gasteiger partial charge in [0.05, 0.1) is 0 Å². The molecule has 1 aliphatic heterocycles. The predicted molar refractivity (Wildman–Crippen MR) is 56.3 cm³/mol. The van der Waals surface area contributed by atoms with E-state index in [1.807, 2.05) is 0 Å². The van der Waals surface area contributed by atoms with Crippen LogP contribution in [0.4, 0.5) is 0 Å². The Hall–Kier alpha value is -0.410. The molecule has 80 valence electrons. The number of piperazine rings is 1. The Bertz CT molecular complexity index is 195. The molecule has 1 saturated carbocycles. The van der Waals surface area contributed by atoms with Crippen molar-refractivity contribution in [2.45, 2.75) is 25.7 Å². The normalized spacial score (nSPS) is 24.6. The number of carbonyl (C=O) groups is 1. The highest BCUT2D eigenvalue weighted by molar-refractivity contribution is 5.81. The molecule has 1 aliphatic carbocycles. The summed E-state index contributed by atoms with van der Waals surface area (Å²) >= 11 is 0. The molecule has 0 atom stereocenters. The van der Waals surface area contributed by atoms with E-state index in [0.717, 1.165) is 52.0 Å². The molecule has 0 spiro atoms. The van der Waals surface area contributed by atoms with Crippen LogP contribution in [0.2, 0.25) is 0 Å². The first-order chi connectivity index (χ1) is 6.86. The van der Waals surface area contributed by atoms with Crippen LogP contribution in [-0.2, 0) is 4.79 Å². The summed E-state index contributed by atoms with van der Waals surface area (Å²) in [5.41, 5.74) is 0. The fraction of sp³-hybridized carbons (Fsp3) is 0.909. The lowest BCUT2D eigenvalue weighted by atomic mass is 9.81. The van der Waals surface area contributed by atoms with Gasteiger partial charge in [0.25, 0.3) is 0 Å². The second-order valence-corrected chi connectivity index (χ2v) is 4.44. The van der Waals surface area contributed by atoms with Gasteiger partial charge in [0.2, 0.25) is 0 Å². The highest BCUT2D eigenvalue weighted by atomic mass is 16.1. The van der Waals surface area contributed by atoms with Gasteiger partial charge in [-0.3, -0.25) is 4.79 Å². The maximum atomic E-state index is 11.6. The maximum Gasteiger partial charge on any atom is 0.137 e. The first-order valence-corrected chi connectivity index (χ1v) is 5.82. The molecule has 0 aromatic rings. The number of carbonyl (C=O) groups excluding carboxylic acids is 1. The minimum atomic E-state index is 0.429. The standard InChI is InChI=1S/C11H20N2O/c14-11(10-2-1-3-10)4-7-13-8-5-12-6-9-13/h10,12H,1-9H2. The summed E-state index contributed by atoms with van der Waals surface area (Å²) in [6.07, 6.45) is 4.36. The summed E-state index contributed by atoms with van der Waals surface area (Å²) in [6, 6.07) is 0. The Balaban J connectivity index is 1.62. The molecular formula is C11H20N2O. The van der Waals surface area contributed by atoms with E-state index in [0.29, 0.717) is 11.7 Å². The Morgan fingerprint density at radius 1 is 1.29 bits per heavy atom. The average Bonchev–Trinajstić information content (AvgIpc) is 2.14. The Kier molecular flexibility index (Phi) is 3.54. The molecule has 1 heterocycles. The van der Waals surface area contributed by atoms with E-state index in [1.54, 1.807) is 0 Å². The molecule has 0 bridgehead atoms. The van der Waals surface area contributed by atoms with Gasteiger partial charge in [0.1, 0.15) is 5.78 Å². The SMILES string of the molecule is O=C(CCN1CCNCC1)C1CCC1. The number of hydrogen-bond acceptors (Lipinski definition) is 3. The van der Waals surface area contributed by atoms with E-state index in [4.69, 9.17) is 0 Å². The smallest absolute Gasteiger partial charge is 0.137 e. The van der Waals surface area contributed by atoms with Gasteiger partial charge in [-0.2, -0.15) is 0 Å². The Labute approximate surface area is 85.8 Å². The van der Waals surface area contributed by atoms with Gasteiger partial charge in [-0.1, -0.05) is 6.42 Å². The minimum absolute atomic E-state index is 0.429. The molecule has 2 rings (SSSR count). The quantitative estimate of drug-likeness (QED) is 0.716. The van der Waals surface area contributed by atoms with E-state index >= 15 is 0 Å². The molecule has 0 aromatic heterocycles. The van der Waals surface area contributed by atoms with Crippen molar-refractivity contribution < 1.29 is 4.79 Å². The maximum absolute atomic E-state index is 11.6. The van der Waals surface area contributed by atoms with Crippen LogP contribution in [0.25, 0.3) is 0 Å². The zero-order valence-corrected chi connectivity index (χ0v) is 8.80. The second kappa shape index (κ2) is 4.89. The Morgan fingerprint density at radius 3 is 2.57 bits per heavy atom. The monoisotopic (exact) mass is 196 g/mol. The predicted octanol–water partition coefficient (Wildman–Crippen LogP) is 0.651. The largest absolute Gasteiger partial charge is 0.314 e. The van der Waals surface area contributed by atoms with Crippen LogP contribution in [0.15, 0.2) is 0 Å². The number of nitrogens with zero attached hydrogens (tertiary/aromatic N) is 1. The summed E-state index contributed by atoms with van der Waals surface area (Å²) < 4.78 is 0. The molecule has 3 heteroatoms. The first kappa shape index (κ1) is 10.1. The summed E-state index contributed by atoms with van der Waals surface area (Å²) in [6.45, 7) is 5.36. The lowest BCUT2D eigenvalue weighted by molar-refractivity contribution is -0.125. The molecule has 0 aromatic carbocycles. The number of rotatable bonds is 4. The molecule has 3 nitrogen and oxygen atoms in total. The summed E-state index contributed by atoms with van der Waals surface area (Å²) in [5, 5.41) is 3.32. The highest BCUT2D eigenvalue weighted by Crippen LogP contribution is 2.28. The van der Waals surface area contributed by atoms with E-state index in [-0.39, 0.29) is 0 Å². The fourth-order valence-corrected chi connectivity index (χ4v) is 2.14. The van der Waals surface area contributed by atoms with Crippen LogP contribution in [0.1, 0.15) is 25.7 Å². The molecule has 14 heavy (non-hydrogen) atoms. The van der Waals surface area contributed by atoms with Crippen LogP contribution in [0, 0.1) is 5.92 Å². The molecule has 0 radical (unpaired) electrons. The summed E-state index contributed by atoms with van der Waals surface area (Å²) in [4.78, 5) is 14.0. The summed E-state index contributed by atoms with van der Waals surface area (Å²) in [5.74, 6) is 0.938. The summed E-state index contributed by atoms with van der Waals surface area (Å²) in [7, 11) is 0. The number of hydrogen-bond donors (Lipinski definition) is 1. The van der Waals surface area contributed by atoms with E-state index in [2.05, 4.69) is 10.2 Å². The van der Waals surface area contributed by atoms with Crippen molar-refractivity contribution in [1.82, 2.24) is 10.2 Å². The van der Waals surface area contributed by atoms with Crippen molar-refractivity contribution in [1.29, 1.82) is 0 Å². The van der Waals surface area contributed by atoms with Crippen molar-refractivity contribution in [3.8, 4) is 0 Å². The average molecular weight is 196 g/mol. The zero-order chi connectivity index (χ0) is 9.80. The van der Waals surface area contributed by atoms with Crippen LogP contribution in [0.5, 0.6) is 0 Å². The molecule has 2 aliphatic rings. The van der Waals surface area contributed by atoms with E-state index in [9.17, 15) is 4.79 Å². The van der Waals surface area contributed by atoms with Gasteiger partial charge in [0, 0.05) is 45.1 Å². The van der Waals surface area contributed by atoms with Crippen molar-refractivity contribution in [2.24, 2.45) is 5.92 Å². The van der Waals surface area contributed by atoms with Crippen LogP contribution in [0.3, 0.4) is 0 Å². The van der Waals surface area contributed by atoms with Crippen LogP contribution < -0.4 is 5.32 Å². The van der Waals surface area contributed by atoms with Crippen molar-refractivity contribution in [3.05, 3.63) is 0 Å². The molecule has 1 N–H and O–H groups in total. The highest BCUT2D eigenvalue weighted by Gasteiger charge is 2.25. The molecule has 1 saturated heterocycles. The third-order valence-electron chi connectivity index (χ3n) is 3.44. The van der Waals surface area contributed by atoms with E-state index < -0.39 is 0 Å². The topological polar surface area (TPSA) is 32.3 Å². The zero-order valence-electron chi connectivity index (χ0n) is 8.80.